The van der Waals surface area contributed by atoms with E-state index in [1.807, 2.05) is 6.20 Å². The zero-order valence-corrected chi connectivity index (χ0v) is 11.9. The van der Waals surface area contributed by atoms with Gasteiger partial charge in [-0.05, 0) is 29.0 Å². The van der Waals surface area contributed by atoms with Crippen LogP contribution in [-0.4, -0.2) is 12.1 Å². The summed E-state index contributed by atoms with van der Waals surface area (Å²) in [6.45, 7) is 4.97. The number of hydrogen-bond acceptors (Lipinski definition) is 2. The molecule has 0 aliphatic carbocycles. The van der Waals surface area contributed by atoms with Crippen LogP contribution in [0.15, 0.2) is 28.9 Å². The first-order valence-electron chi connectivity index (χ1n) is 5.69. The lowest BCUT2D eigenvalue weighted by molar-refractivity contribution is 0.181. The Morgan fingerprint density at radius 2 is 2.06 bits per heavy atom. The molecule has 0 amide bonds. The summed E-state index contributed by atoms with van der Waals surface area (Å²) in [6.07, 6.45) is 1.92. The summed E-state index contributed by atoms with van der Waals surface area (Å²) in [5.74, 6) is 0.503. The topological polar surface area (TPSA) is 22.1 Å². The van der Waals surface area contributed by atoms with E-state index in [0.717, 1.165) is 15.6 Å². The molecule has 0 aliphatic heterocycles. The molecule has 2 aromatic rings. The summed E-state index contributed by atoms with van der Waals surface area (Å²) in [5, 5.41) is 2.42. The molecule has 17 heavy (non-hydrogen) atoms. The number of ether oxygens (including phenoxy) is 1. The number of rotatable bonds is 3. The van der Waals surface area contributed by atoms with Crippen molar-refractivity contribution < 1.29 is 4.74 Å². The minimum Gasteiger partial charge on any atom is -0.378 e. The van der Waals surface area contributed by atoms with Gasteiger partial charge in [-0.3, -0.25) is 4.98 Å². The Kier molecular flexibility index (Phi) is 3.79. The minimum atomic E-state index is 0.503. The van der Waals surface area contributed by atoms with E-state index in [2.05, 4.69) is 53.0 Å². The van der Waals surface area contributed by atoms with E-state index in [4.69, 9.17) is 4.74 Å². The van der Waals surface area contributed by atoms with Crippen molar-refractivity contribution in [2.24, 2.45) is 0 Å². The average molecular weight is 294 g/mol. The van der Waals surface area contributed by atoms with Crippen molar-refractivity contribution in [2.75, 3.05) is 7.11 Å². The predicted octanol–water partition coefficient (Wildman–Crippen LogP) is 4.27. The van der Waals surface area contributed by atoms with Crippen LogP contribution < -0.4 is 0 Å². The van der Waals surface area contributed by atoms with Crippen LogP contribution in [0.5, 0.6) is 0 Å². The molecule has 2 rings (SSSR count). The Balaban J connectivity index is 2.67. The van der Waals surface area contributed by atoms with Gasteiger partial charge in [0.15, 0.2) is 0 Å². The van der Waals surface area contributed by atoms with Crippen molar-refractivity contribution in [1.82, 2.24) is 4.98 Å². The number of nitrogens with zero attached hydrogens (tertiary/aromatic N) is 1. The normalized spacial score (nSPS) is 11.4. The Morgan fingerprint density at radius 3 is 2.71 bits per heavy atom. The number of pyridine rings is 1. The highest BCUT2D eigenvalue weighted by molar-refractivity contribution is 9.10. The van der Waals surface area contributed by atoms with Gasteiger partial charge in [-0.1, -0.05) is 35.8 Å². The number of methoxy groups -OCH3 is 1. The predicted molar refractivity (Wildman–Crippen MR) is 74.2 cm³/mol. The second-order valence-electron chi connectivity index (χ2n) is 4.45. The van der Waals surface area contributed by atoms with E-state index in [-0.39, 0.29) is 0 Å². The van der Waals surface area contributed by atoms with Gasteiger partial charge < -0.3 is 4.74 Å². The van der Waals surface area contributed by atoms with Crippen LogP contribution >= 0.6 is 15.9 Å². The third kappa shape index (κ3) is 2.50. The van der Waals surface area contributed by atoms with Gasteiger partial charge >= 0.3 is 0 Å². The molecule has 2 nitrogen and oxygen atoms in total. The molecule has 90 valence electrons. The molecule has 0 saturated carbocycles. The highest BCUT2D eigenvalue weighted by Gasteiger charge is 2.09. The van der Waals surface area contributed by atoms with E-state index < -0.39 is 0 Å². The minimum absolute atomic E-state index is 0.503. The maximum absolute atomic E-state index is 5.13. The molecule has 0 aliphatic rings. The molecule has 0 N–H and O–H groups in total. The zero-order valence-electron chi connectivity index (χ0n) is 10.3. The number of benzene rings is 1. The van der Waals surface area contributed by atoms with Crippen LogP contribution in [0.2, 0.25) is 0 Å². The van der Waals surface area contributed by atoms with Crippen molar-refractivity contribution in [1.29, 1.82) is 0 Å². The summed E-state index contributed by atoms with van der Waals surface area (Å²) >= 11 is 3.57. The molecule has 0 spiro atoms. The molecular formula is C14H16BrNO. The molecular weight excluding hydrogens is 278 g/mol. The van der Waals surface area contributed by atoms with Gasteiger partial charge in [-0.15, -0.1) is 0 Å². The molecule has 1 aromatic carbocycles. The van der Waals surface area contributed by atoms with Crippen LogP contribution in [-0.2, 0) is 11.3 Å². The van der Waals surface area contributed by atoms with Crippen LogP contribution in [0.3, 0.4) is 0 Å². The molecule has 0 atom stereocenters. The van der Waals surface area contributed by atoms with Crippen molar-refractivity contribution in [3.05, 3.63) is 40.1 Å². The van der Waals surface area contributed by atoms with E-state index in [1.54, 1.807) is 7.11 Å². The van der Waals surface area contributed by atoms with Crippen molar-refractivity contribution in [3.8, 4) is 0 Å². The maximum atomic E-state index is 5.13. The molecule has 1 aromatic heterocycles. The maximum Gasteiger partial charge on any atom is 0.0884 e. The fourth-order valence-corrected chi connectivity index (χ4v) is 2.45. The fourth-order valence-electron chi connectivity index (χ4n) is 2.00. The highest BCUT2D eigenvalue weighted by Crippen LogP contribution is 2.30. The van der Waals surface area contributed by atoms with Crippen LogP contribution in [0.4, 0.5) is 0 Å². The SMILES string of the molecule is COCc1cc2c(C(C)C)ccc(Br)c2cn1. The van der Waals surface area contributed by atoms with Crippen LogP contribution in [0, 0.1) is 0 Å². The van der Waals surface area contributed by atoms with Gasteiger partial charge in [0, 0.05) is 23.2 Å². The first-order chi connectivity index (χ1) is 8.13. The second-order valence-corrected chi connectivity index (χ2v) is 5.30. The number of fused-ring (bicyclic) bond motifs is 1. The quantitative estimate of drug-likeness (QED) is 0.843. The molecule has 1 heterocycles. The molecule has 0 radical (unpaired) electrons. The van der Waals surface area contributed by atoms with Gasteiger partial charge in [-0.25, -0.2) is 0 Å². The third-order valence-electron chi connectivity index (χ3n) is 2.85. The summed E-state index contributed by atoms with van der Waals surface area (Å²) in [6, 6.07) is 6.39. The van der Waals surface area contributed by atoms with Gasteiger partial charge in [0.2, 0.25) is 0 Å². The third-order valence-corrected chi connectivity index (χ3v) is 3.54. The van der Waals surface area contributed by atoms with E-state index >= 15 is 0 Å². The Morgan fingerprint density at radius 1 is 1.29 bits per heavy atom. The summed E-state index contributed by atoms with van der Waals surface area (Å²) in [7, 11) is 1.69. The van der Waals surface area contributed by atoms with Gasteiger partial charge in [0.1, 0.15) is 0 Å². The summed E-state index contributed by atoms with van der Waals surface area (Å²) in [5.41, 5.74) is 2.32. The summed E-state index contributed by atoms with van der Waals surface area (Å²) < 4.78 is 6.22. The lowest BCUT2D eigenvalue weighted by atomic mass is 9.97. The zero-order chi connectivity index (χ0) is 12.4. The standard InChI is InChI=1S/C14H16BrNO/c1-9(2)11-4-5-14(15)13-7-16-10(8-17-3)6-12(11)13/h4-7,9H,8H2,1-3H3. The van der Waals surface area contributed by atoms with Crippen LogP contribution in [0.25, 0.3) is 10.8 Å². The Labute approximate surface area is 110 Å². The second kappa shape index (κ2) is 5.15. The number of aromatic nitrogens is 1. The lowest BCUT2D eigenvalue weighted by Crippen LogP contribution is -1.95. The van der Waals surface area contributed by atoms with Crippen molar-refractivity contribution in [3.63, 3.8) is 0 Å². The summed E-state index contributed by atoms with van der Waals surface area (Å²) in [4.78, 5) is 4.40. The first-order valence-corrected chi connectivity index (χ1v) is 6.48. The Bertz CT molecular complexity index is 537. The molecule has 0 fully saturated rings. The lowest BCUT2D eigenvalue weighted by Gasteiger charge is -2.12. The van der Waals surface area contributed by atoms with Gasteiger partial charge in [0.05, 0.1) is 12.3 Å². The smallest absolute Gasteiger partial charge is 0.0884 e. The van der Waals surface area contributed by atoms with E-state index in [1.165, 1.54) is 10.9 Å². The average Bonchev–Trinajstić information content (AvgIpc) is 2.29. The molecule has 3 heteroatoms. The van der Waals surface area contributed by atoms with Crippen molar-refractivity contribution >= 4 is 26.7 Å². The van der Waals surface area contributed by atoms with E-state index in [0.29, 0.717) is 12.5 Å². The Hall–Kier alpha value is -0.930. The van der Waals surface area contributed by atoms with E-state index in [9.17, 15) is 0 Å². The first kappa shape index (κ1) is 12.5. The largest absolute Gasteiger partial charge is 0.378 e. The van der Waals surface area contributed by atoms with Gasteiger partial charge in [-0.2, -0.15) is 0 Å². The fraction of sp³-hybridized carbons (Fsp3) is 0.357. The molecule has 0 bridgehead atoms. The monoisotopic (exact) mass is 293 g/mol. The van der Waals surface area contributed by atoms with Gasteiger partial charge in [0.25, 0.3) is 0 Å². The van der Waals surface area contributed by atoms with Crippen LogP contribution in [0.1, 0.15) is 31.0 Å². The molecule has 0 saturated heterocycles. The van der Waals surface area contributed by atoms with Crippen molar-refractivity contribution in [2.45, 2.75) is 26.4 Å². The molecule has 0 unspecified atom stereocenters. The number of hydrogen-bond donors (Lipinski definition) is 0. The number of halogens is 1. The highest BCUT2D eigenvalue weighted by atomic mass is 79.9.